The smallest absolute Gasteiger partial charge is 0.331 e. The number of carboxylic acids is 1. The predicted molar refractivity (Wildman–Crippen MR) is 41.6 cm³/mol. The Morgan fingerprint density at radius 1 is 1.50 bits per heavy atom. The molecule has 1 aliphatic carbocycles. The summed E-state index contributed by atoms with van der Waals surface area (Å²) in [6.07, 6.45) is 5.11. The van der Waals surface area contributed by atoms with E-state index in [1.54, 1.807) is 6.08 Å². The minimum Gasteiger partial charge on any atom is -0.478 e. The third-order valence-corrected chi connectivity index (χ3v) is 1.63. The molecule has 0 saturated carbocycles. The van der Waals surface area contributed by atoms with Crippen LogP contribution in [0.5, 0.6) is 0 Å². The molecule has 1 N–H and O–H groups in total. The fourth-order valence-corrected chi connectivity index (χ4v) is 0.920. The standard InChI is InChI=1S/C7H9BO2/c8-6-3-1-5(2-4-6)7(9)10/h1,3H,2,4,8H2,(H,9,10). The lowest BCUT2D eigenvalue weighted by Crippen LogP contribution is -2.03. The molecule has 52 valence electrons. The summed E-state index contributed by atoms with van der Waals surface area (Å²) in [6, 6.07) is 0. The van der Waals surface area contributed by atoms with Crippen LogP contribution < -0.4 is 0 Å². The van der Waals surface area contributed by atoms with Gasteiger partial charge in [0.25, 0.3) is 0 Å². The molecule has 0 unspecified atom stereocenters. The molecule has 0 radical (unpaired) electrons. The largest absolute Gasteiger partial charge is 0.478 e. The van der Waals surface area contributed by atoms with Gasteiger partial charge >= 0.3 is 5.97 Å². The van der Waals surface area contributed by atoms with Gasteiger partial charge in [0, 0.05) is 5.57 Å². The maximum Gasteiger partial charge on any atom is 0.331 e. The molecule has 1 aliphatic rings. The number of carbonyl (C=O) groups is 1. The van der Waals surface area contributed by atoms with Crippen molar-refractivity contribution in [3.8, 4) is 0 Å². The minimum atomic E-state index is -0.788. The van der Waals surface area contributed by atoms with Gasteiger partial charge in [-0.05, 0) is 12.8 Å². The Morgan fingerprint density at radius 2 is 2.20 bits per heavy atom. The van der Waals surface area contributed by atoms with Crippen LogP contribution in [0.3, 0.4) is 0 Å². The first-order valence-electron chi connectivity index (χ1n) is 3.30. The van der Waals surface area contributed by atoms with E-state index in [1.807, 2.05) is 13.9 Å². The van der Waals surface area contributed by atoms with Crippen LogP contribution in [0.4, 0.5) is 0 Å². The molecule has 0 saturated heterocycles. The molecule has 0 aliphatic heterocycles. The van der Waals surface area contributed by atoms with Gasteiger partial charge in [-0.25, -0.2) is 4.79 Å². The van der Waals surface area contributed by atoms with Gasteiger partial charge in [0.1, 0.15) is 7.85 Å². The molecule has 0 aromatic rings. The number of hydrogen-bond acceptors (Lipinski definition) is 1. The maximum atomic E-state index is 10.4. The zero-order valence-electron chi connectivity index (χ0n) is 5.92. The van der Waals surface area contributed by atoms with Crippen molar-refractivity contribution in [2.24, 2.45) is 0 Å². The van der Waals surface area contributed by atoms with Crippen molar-refractivity contribution in [3.05, 3.63) is 23.2 Å². The lowest BCUT2D eigenvalue weighted by molar-refractivity contribution is -0.132. The summed E-state index contributed by atoms with van der Waals surface area (Å²) in [7, 11) is 2.01. The van der Waals surface area contributed by atoms with E-state index in [0.29, 0.717) is 12.0 Å². The highest BCUT2D eigenvalue weighted by atomic mass is 16.4. The molecule has 0 spiro atoms. The maximum absolute atomic E-state index is 10.4. The van der Waals surface area contributed by atoms with Gasteiger partial charge in [0.05, 0.1) is 0 Å². The lowest BCUT2D eigenvalue weighted by Gasteiger charge is -2.06. The Hall–Kier alpha value is -0.985. The molecule has 0 aromatic carbocycles. The first kappa shape index (κ1) is 7.13. The number of rotatable bonds is 1. The highest BCUT2D eigenvalue weighted by Gasteiger charge is 2.08. The third kappa shape index (κ3) is 1.50. The van der Waals surface area contributed by atoms with Gasteiger partial charge in [0.2, 0.25) is 0 Å². The van der Waals surface area contributed by atoms with Crippen LogP contribution >= 0.6 is 0 Å². The minimum absolute atomic E-state index is 0.519. The lowest BCUT2D eigenvalue weighted by atomic mass is 9.86. The summed E-state index contributed by atoms with van der Waals surface area (Å²) in [5.41, 5.74) is 1.77. The molecule has 0 fully saturated rings. The highest BCUT2D eigenvalue weighted by Crippen LogP contribution is 2.15. The zero-order valence-corrected chi connectivity index (χ0v) is 5.92. The van der Waals surface area contributed by atoms with Crippen LogP contribution in [0.15, 0.2) is 23.2 Å². The number of aliphatic carboxylic acids is 1. The van der Waals surface area contributed by atoms with Crippen LogP contribution in [0.1, 0.15) is 12.8 Å². The van der Waals surface area contributed by atoms with E-state index in [4.69, 9.17) is 5.11 Å². The average Bonchev–Trinajstić information content (AvgIpc) is 1.88. The summed E-state index contributed by atoms with van der Waals surface area (Å²) >= 11 is 0. The predicted octanol–water partition coefficient (Wildman–Crippen LogP) is 0.308. The summed E-state index contributed by atoms with van der Waals surface area (Å²) in [4.78, 5) is 10.4. The number of allylic oxidation sites excluding steroid dienone is 3. The molecule has 0 aromatic heterocycles. The van der Waals surface area contributed by atoms with Gasteiger partial charge in [0.15, 0.2) is 0 Å². The van der Waals surface area contributed by atoms with Crippen LogP contribution in [-0.4, -0.2) is 18.9 Å². The molecule has 3 heteroatoms. The summed E-state index contributed by atoms with van der Waals surface area (Å²) < 4.78 is 0. The first-order valence-corrected chi connectivity index (χ1v) is 3.30. The molecule has 2 nitrogen and oxygen atoms in total. The Labute approximate surface area is 60.7 Å². The van der Waals surface area contributed by atoms with Crippen molar-refractivity contribution in [1.82, 2.24) is 0 Å². The van der Waals surface area contributed by atoms with E-state index < -0.39 is 5.97 Å². The zero-order chi connectivity index (χ0) is 7.56. The Balaban J connectivity index is 2.74. The summed E-state index contributed by atoms with van der Waals surface area (Å²) in [5, 5.41) is 8.53. The third-order valence-electron chi connectivity index (χ3n) is 1.63. The van der Waals surface area contributed by atoms with Crippen LogP contribution in [0.25, 0.3) is 0 Å². The Bertz CT molecular complexity index is 216. The molecule has 0 atom stereocenters. The monoisotopic (exact) mass is 136 g/mol. The molecule has 0 heterocycles. The molecular formula is C7H9BO2. The second-order valence-corrected chi connectivity index (χ2v) is 2.51. The van der Waals surface area contributed by atoms with Gasteiger partial charge < -0.3 is 5.11 Å². The van der Waals surface area contributed by atoms with Crippen molar-refractivity contribution < 1.29 is 9.90 Å². The fourth-order valence-electron chi connectivity index (χ4n) is 0.920. The van der Waals surface area contributed by atoms with Gasteiger partial charge in [-0.3, -0.25) is 0 Å². The first-order chi connectivity index (χ1) is 4.70. The summed E-state index contributed by atoms with van der Waals surface area (Å²) in [6.45, 7) is 0. The van der Waals surface area contributed by atoms with Gasteiger partial charge in [-0.15, -0.1) is 5.47 Å². The van der Waals surface area contributed by atoms with E-state index >= 15 is 0 Å². The van der Waals surface area contributed by atoms with Gasteiger partial charge in [-0.2, -0.15) is 0 Å². The quantitative estimate of drug-likeness (QED) is 0.526. The van der Waals surface area contributed by atoms with E-state index in [0.717, 1.165) is 6.42 Å². The molecule has 10 heavy (non-hydrogen) atoms. The molecule has 0 amide bonds. The molecule has 0 bridgehead atoms. The van der Waals surface area contributed by atoms with Crippen molar-refractivity contribution in [2.45, 2.75) is 12.8 Å². The van der Waals surface area contributed by atoms with Crippen molar-refractivity contribution >= 4 is 13.8 Å². The number of carboxylic acid groups (broad SMARTS) is 1. The van der Waals surface area contributed by atoms with E-state index in [9.17, 15) is 4.79 Å². The van der Waals surface area contributed by atoms with Crippen LogP contribution in [0, 0.1) is 0 Å². The van der Waals surface area contributed by atoms with E-state index in [1.165, 1.54) is 5.47 Å². The normalized spacial score (nSPS) is 17.6. The SMILES string of the molecule is BC1=CC=C(C(=O)O)CC1. The second-order valence-electron chi connectivity index (χ2n) is 2.51. The Kier molecular flexibility index (Phi) is 1.95. The molecular weight excluding hydrogens is 127 g/mol. The van der Waals surface area contributed by atoms with E-state index in [-0.39, 0.29) is 0 Å². The van der Waals surface area contributed by atoms with Crippen molar-refractivity contribution in [2.75, 3.05) is 0 Å². The molecule has 1 rings (SSSR count). The second kappa shape index (κ2) is 2.73. The van der Waals surface area contributed by atoms with Crippen LogP contribution in [0.2, 0.25) is 0 Å². The number of hydrogen-bond donors (Lipinski definition) is 1. The fraction of sp³-hybridized carbons (Fsp3) is 0.286. The van der Waals surface area contributed by atoms with Crippen molar-refractivity contribution in [3.63, 3.8) is 0 Å². The van der Waals surface area contributed by atoms with Gasteiger partial charge in [-0.1, -0.05) is 12.2 Å². The topological polar surface area (TPSA) is 37.3 Å². The van der Waals surface area contributed by atoms with Crippen molar-refractivity contribution in [1.29, 1.82) is 0 Å². The van der Waals surface area contributed by atoms with E-state index in [2.05, 4.69) is 0 Å². The van der Waals surface area contributed by atoms with Crippen LogP contribution in [-0.2, 0) is 4.79 Å². The summed E-state index contributed by atoms with van der Waals surface area (Å²) in [5.74, 6) is -0.788. The Morgan fingerprint density at radius 3 is 2.60 bits per heavy atom. The average molecular weight is 136 g/mol. The highest BCUT2D eigenvalue weighted by molar-refractivity contribution is 6.22.